The van der Waals surface area contributed by atoms with Gasteiger partial charge in [-0.25, -0.2) is 9.69 Å². The van der Waals surface area contributed by atoms with Gasteiger partial charge in [-0.1, -0.05) is 67.6 Å². The number of nitrogens with zero attached hydrogens (tertiary/aromatic N) is 1. The molecule has 1 unspecified atom stereocenters. The van der Waals surface area contributed by atoms with Gasteiger partial charge in [0.25, 0.3) is 0 Å². The van der Waals surface area contributed by atoms with Gasteiger partial charge >= 0.3 is 6.09 Å². The van der Waals surface area contributed by atoms with Crippen molar-refractivity contribution in [2.75, 3.05) is 6.61 Å². The molecule has 0 radical (unpaired) electrons. The Morgan fingerprint density at radius 2 is 1.70 bits per heavy atom. The van der Waals surface area contributed by atoms with Gasteiger partial charge in [-0.05, 0) is 30.9 Å². The van der Waals surface area contributed by atoms with Gasteiger partial charge in [0.15, 0.2) is 0 Å². The van der Waals surface area contributed by atoms with Crippen LogP contribution >= 0.6 is 0 Å². The molecule has 6 nitrogen and oxygen atoms in total. The van der Waals surface area contributed by atoms with E-state index in [1.807, 2.05) is 67.6 Å². The summed E-state index contributed by atoms with van der Waals surface area (Å²) in [5, 5.41) is 14.0. The van der Waals surface area contributed by atoms with E-state index in [4.69, 9.17) is 4.74 Å². The van der Waals surface area contributed by atoms with Gasteiger partial charge < -0.3 is 15.2 Å². The van der Waals surface area contributed by atoms with Crippen LogP contribution < -0.4 is 5.32 Å². The molecule has 0 bridgehead atoms. The minimum absolute atomic E-state index is 0.0149. The summed E-state index contributed by atoms with van der Waals surface area (Å²) in [6, 6.07) is 19.4. The van der Waals surface area contributed by atoms with Crippen molar-refractivity contribution in [1.82, 2.24) is 10.2 Å². The molecule has 6 heteroatoms. The van der Waals surface area contributed by atoms with Crippen molar-refractivity contribution in [1.29, 1.82) is 0 Å². The van der Waals surface area contributed by atoms with Gasteiger partial charge in [-0.15, -0.1) is 0 Å². The van der Waals surface area contributed by atoms with Crippen LogP contribution in [0.25, 0.3) is 0 Å². The molecule has 1 fully saturated rings. The van der Waals surface area contributed by atoms with E-state index in [0.717, 1.165) is 11.1 Å². The molecule has 0 saturated carbocycles. The second kappa shape index (κ2) is 10.4. The van der Waals surface area contributed by atoms with Crippen molar-refractivity contribution in [2.24, 2.45) is 5.92 Å². The minimum atomic E-state index is -0.860. The van der Waals surface area contributed by atoms with Crippen LogP contribution in [0.4, 0.5) is 4.79 Å². The molecule has 160 valence electrons. The fourth-order valence-corrected chi connectivity index (χ4v) is 3.69. The number of benzene rings is 2. The van der Waals surface area contributed by atoms with Gasteiger partial charge in [0.1, 0.15) is 6.61 Å². The minimum Gasteiger partial charge on any atom is -0.447 e. The van der Waals surface area contributed by atoms with Crippen molar-refractivity contribution < 1.29 is 19.4 Å². The Hall–Kier alpha value is -2.70. The van der Waals surface area contributed by atoms with E-state index in [0.29, 0.717) is 19.4 Å². The largest absolute Gasteiger partial charge is 0.447 e. The molecule has 0 aromatic heterocycles. The highest BCUT2D eigenvalue weighted by molar-refractivity contribution is 5.95. The Morgan fingerprint density at radius 1 is 1.10 bits per heavy atom. The molecule has 4 atom stereocenters. The second-order valence-electron chi connectivity index (χ2n) is 7.99. The molecule has 0 aliphatic carbocycles. The molecule has 2 amide bonds. The standard InChI is InChI=1S/C24H30N2O4/c1-17(25-15-20-11-7-4-8-12-20)13-22(27)18(2)23(28)26-21(16-30-24(26)29)14-19-9-5-3-6-10-19/h3-12,17-18,21-22,25,27H,13-16H2,1-2H3/t17?,18-,21+,22+/m1/s1. The molecule has 2 N–H and O–H groups in total. The number of cyclic esters (lactones) is 1. The van der Waals surface area contributed by atoms with E-state index < -0.39 is 18.1 Å². The lowest BCUT2D eigenvalue weighted by Gasteiger charge is -2.27. The van der Waals surface area contributed by atoms with E-state index in [1.165, 1.54) is 4.90 Å². The predicted octanol–water partition coefficient (Wildman–Crippen LogP) is 3.14. The number of carbonyl (C=O) groups is 2. The summed E-state index contributed by atoms with van der Waals surface area (Å²) in [6.07, 6.45) is -0.543. The van der Waals surface area contributed by atoms with E-state index in [1.54, 1.807) is 6.92 Å². The first-order valence-electron chi connectivity index (χ1n) is 10.4. The zero-order valence-electron chi connectivity index (χ0n) is 17.5. The number of carbonyl (C=O) groups excluding carboxylic acids is 2. The highest BCUT2D eigenvalue weighted by Crippen LogP contribution is 2.22. The molecule has 1 aliphatic heterocycles. The van der Waals surface area contributed by atoms with Crippen molar-refractivity contribution in [3.8, 4) is 0 Å². The average molecular weight is 411 g/mol. The van der Waals surface area contributed by atoms with Crippen molar-refractivity contribution in [3.63, 3.8) is 0 Å². The van der Waals surface area contributed by atoms with Crippen molar-refractivity contribution in [2.45, 2.75) is 51.4 Å². The molecular weight excluding hydrogens is 380 g/mol. The monoisotopic (exact) mass is 410 g/mol. The van der Waals surface area contributed by atoms with Crippen LogP contribution in [0, 0.1) is 5.92 Å². The summed E-state index contributed by atoms with van der Waals surface area (Å²) in [7, 11) is 0. The van der Waals surface area contributed by atoms with E-state index in [9.17, 15) is 14.7 Å². The zero-order chi connectivity index (χ0) is 21.5. The number of ether oxygens (including phenoxy) is 1. The SMILES string of the molecule is CC(C[C@H](O)[C@@H](C)C(=O)N1C(=O)OC[C@@H]1Cc1ccccc1)NCc1ccccc1. The van der Waals surface area contributed by atoms with E-state index in [2.05, 4.69) is 5.32 Å². The number of aliphatic hydroxyl groups is 1. The molecular formula is C24H30N2O4. The van der Waals surface area contributed by atoms with Crippen molar-refractivity contribution >= 4 is 12.0 Å². The quantitative estimate of drug-likeness (QED) is 0.664. The number of nitrogens with one attached hydrogen (secondary N) is 1. The van der Waals surface area contributed by atoms with Gasteiger partial charge in [-0.3, -0.25) is 4.79 Å². The maximum Gasteiger partial charge on any atom is 0.416 e. The van der Waals surface area contributed by atoms with Crippen LogP contribution in [0.5, 0.6) is 0 Å². The molecule has 3 rings (SSSR count). The summed E-state index contributed by atoms with van der Waals surface area (Å²) in [4.78, 5) is 26.4. The summed E-state index contributed by atoms with van der Waals surface area (Å²) >= 11 is 0. The Bertz CT molecular complexity index is 828. The lowest BCUT2D eigenvalue weighted by Crippen LogP contribution is -2.46. The topological polar surface area (TPSA) is 78.9 Å². The predicted molar refractivity (Wildman–Crippen MR) is 115 cm³/mol. The molecule has 1 heterocycles. The lowest BCUT2D eigenvalue weighted by atomic mass is 9.96. The van der Waals surface area contributed by atoms with Gasteiger partial charge in [-0.2, -0.15) is 0 Å². The normalized spacial score (nSPS) is 19.2. The zero-order valence-corrected chi connectivity index (χ0v) is 17.5. The number of aliphatic hydroxyl groups excluding tert-OH is 1. The Balaban J connectivity index is 1.55. The van der Waals surface area contributed by atoms with Crippen LogP contribution in [0.1, 0.15) is 31.4 Å². The number of rotatable bonds is 9. The molecule has 1 saturated heterocycles. The first kappa shape index (κ1) is 22.0. The third-order valence-corrected chi connectivity index (χ3v) is 5.57. The highest BCUT2D eigenvalue weighted by Gasteiger charge is 2.41. The Morgan fingerprint density at radius 3 is 2.33 bits per heavy atom. The van der Waals surface area contributed by atoms with Crippen molar-refractivity contribution in [3.05, 3.63) is 71.8 Å². The molecule has 1 aliphatic rings. The molecule has 2 aromatic rings. The van der Waals surface area contributed by atoms with Crippen LogP contribution in [0.15, 0.2) is 60.7 Å². The smallest absolute Gasteiger partial charge is 0.416 e. The maximum absolute atomic E-state index is 13.0. The van der Waals surface area contributed by atoms with Crippen LogP contribution in [0.3, 0.4) is 0 Å². The number of hydrogen-bond donors (Lipinski definition) is 2. The highest BCUT2D eigenvalue weighted by atomic mass is 16.6. The lowest BCUT2D eigenvalue weighted by molar-refractivity contribution is -0.136. The first-order valence-corrected chi connectivity index (χ1v) is 10.4. The summed E-state index contributed by atoms with van der Waals surface area (Å²) in [6.45, 7) is 4.51. The third-order valence-electron chi connectivity index (χ3n) is 5.57. The Labute approximate surface area is 177 Å². The van der Waals surface area contributed by atoms with Gasteiger partial charge in [0, 0.05) is 12.6 Å². The van der Waals surface area contributed by atoms with Crippen LogP contribution in [0.2, 0.25) is 0 Å². The number of imide groups is 1. The maximum atomic E-state index is 13.0. The summed E-state index contributed by atoms with van der Waals surface area (Å²) < 4.78 is 5.14. The van der Waals surface area contributed by atoms with Crippen LogP contribution in [-0.4, -0.2) is 46.8 Å². The fourth-order valence-electron chi connectivity index (χ4n) is 3.69. The number of amides is 2. The van der Waals surface area contributed by atoms with Gasteiger partial charge in [0.2, 0.25) is 5.91 Å². The average Bonchev–Trinajstić information content (AvgIpc) is 3.12. The first-order chi connectivity index (χ1) is 14.5. The van der Waals surface area contributed by atoms with E-state index in [-0.39, 0.29) is 24.6 Å². The van der Waals surface area contributed by atoms with Gasteiger partial charge in [0.05, 0.1) is 18.1 Å². The van der Waals surface area contributed by atoms with E-state index >= 15 is 0 Å². The van der Waals surface area contributed by atoms with Crippen LogP contribution in [-0.2, 0) is 22.5 Å². The number of hydrogen-bond acceptors (Lipinski definition) is 5. The molecule has 2 aromatic carbocycles. The molecule has 30 heavy (non-hydrogen) atoms. The second-order valence-corrected chi connectivity index (χ2v) is 7.99. The summed E-state index contributed by atoms with van der Waals surface area (Å²) in [5.74, 6) is -1.09. The molecule has 0 spiro atoms. The Kier molecular flexibility index (Phi) is 7.60. The third kappa shape index (κ3) is 5.68. The fraction of sp³-hybridized carbons (Fsp3) is 0.417. The summed E-state index contributed by atoms with van der Waals surface area (Å²) in [5.41, 5.74) is 2.19.